The minimum atomic E-state index is -0.499. The molecule has 1 aromatic carbocycles. The Kier molecular flexibility index (Phi) is 3.91. The van der Waals surface area contributed by atoms with Crippen LogP contribution in [0.25, 0.3) is 0 Å². The fraction of sp³-hybridized carbons (Fsp3) is 0.500. The van der Waals surface area contributed by atoms with Gasteiger partial charge >= 0.3 is 0 Å². The summed E-state index contributed by atoms with van der Waals surface area (Å²) < 4.78 is 0. The van der Waals surface area contributed by atoms with Crippen molar-refractivity contribution in [3.63, 3.8) is 0 Å². The molecule has 0 aromatic heterocycles. The number of anilines is 1. The van der Waals surface area contributed by atoms with E-state index < -0.39 is 11.5 Å². The van der Waals surface area contributed by atoms with Crippen LogP contribution in [0.1, 0.15) is 49.5 Å². The minimum absolute atomic E-state index is 0.0688. The zero-order chi connectivity index (χ0) is 17.7. The van der Waals surface area contributed by atoms with Crippen LogP contribution in [0.2, 0.25) is 0 Å². The number of aliphatic hydroxyl groups is 1. The zero-order valence-electron chi connectivity index (χ0n) is 14.5. The molecule has 2 aliphatic rings. The van der Waals surface area contributed by atoms with Crippen LogP contribution in [-0.2, 0) is 10.2 Å². The van der Waals surface area contributed by atoms with Gasteiger partial charge in [0.15, 0.2) is 5.78 Å². The molecule has 128 valence electrons. The number of hydrogen-bond donors (Lipinski definition) is 2. The Morgan fingerprint density at radius 3 is 2.67 bits per heavy atom. The lowest BCUT2D eigenvalue weighted by Crippen LogP contribution is -2.53. The quantitative estimate of drug-likeness (QED) is 0.661. The Hall–Kier alpha value is -1.94. The van der Waals surface area contributed by atoms with E-state index in [0.717, 1.165) is 5.56 Å². The molecule has 1 unspecified atom stereocenters. The van der Waals surface area contributed by atoms with Crippen LogP contribution in [0.5, 0.6) is 0 Å². The van der Waals surface area contributed by atoms with Crippen molar-refractivity contribution < 1.29 is 14.7 Å². The highest BCUT2D eigenvalue weighted by Gasteiger charge is 2.54. The van der Waals surface area contributed by atoms with Crippen molar-refractivity contribution in [2.45, 2.75) is 45.1 Å². The topological polar surface area (TPSA) is 66.4 Å². The van der Waals surface area contributed by atoms with E-state index in [4.69, 9.17) is 0 Å². The summed E-state index contributed by atoms with van der Waals surface area (Å²) >= 11 is 0. The molecule has 2 N–H and O–H groups in total. The van der Waals surface area contributed by atoms with E-state index >= 15 is 0 Å². The first-order valence-corrected chi connectivity index (χ1v) is 8.46. The Morgan fingerprint density at radius 2 is 2.04 bits per heavy atom. The highest BCUT2D eigenvalue weighted by Crippen LogP contribution is 2.55. The largest absolute Gasteiger partial charge is 0.392 e. The van der Waals surface area contributed by atoms with Gasteiger partial charge in [-0.05, 0) is 35.8 Å². The number of ketones is 1. The molecule has 0 heterocycles. The van der Waals surface area contributed by atoms with Crippen LogP contribution in [0.4, 0.5) is 5.69 Å². The second-order valence-electron chi connectivity index (χ2n) is 7.95. The van der Waals surface area contributed by atoms with Gasteiger partial charge in [-0.2, -0.15) is 0 Å². The molecule has 0 radical (unpaired) electrons. The third-order valence-electron chi connectivity index (χ3n) is 6.33. The van der Waals surface area contributed by atoms with Crippen LogP contribution < -0.4 is 5.32 Å². The van der Waals surface area contributed by atoms with Crippen molar-refractivity contribution in [3.8, 4) is 0 Å². The van der Waals surface area contributed by atoms with Crippen LogP contribution in [0.15, 0.2) is 30.9 Å². The Morgan fingerprint density at radius 1 is 1.33 bits per heavy atom. The van der Waals surface area contributed by atoms with Gasteiger partial charge in [0.25, 0.3) is 0 Å². The van der Waals surface area contributed by atoms with Crippen LogP contribution in [0, 0.1) is 17.3 Å². The SMILES string of the molecule is C=C[C@]1(C)CC2C(=O)c3c(NC=O)cccc3C(C)(C)[C@H]2C[C@H]1O. The zero-order valence-corrected chi connectivity index (χ0v) is 14.5. The molecule has 0 bridgehead atoms. The number of aliphatic hydroxyl groups excluding tert-OH is 1. The van der Waals surface area contributed by atoms with Gasteiger partial charge in [-0.3, -0.25) is 9.59 Å². The predicted molar refractivity (Wildman–Crippen MR) is 94.0 cm³/mol. The predicted octanol–water partition coefficient (Wildman–Crippen LogP) is 3.31. The molecule has 0 spiro atoms. The highest BCUT2D eigenvalue weighted by molar-refractivity contribution is 6.07. The van der Waals surface area contributed by atoms with E-state index in [0.29, 0.717) is 30.5 Å². The van der Waals surface area contributed by atoms with Crippen LogP contribution in [0.3, 0.4) is 0 Å². The lowest BCUT2D eigenvalue weighted by Gasteiger charge is -2.52. The average Bonchev–Trinajstić information content (AvgIpc) is 2.55. The number of amides is 1. The molecule has 1 fully saturated rings. The van der Waals surface area contributed by atoms with Crippen LogP contribution in [-0.4, -0.2) is 23.4 Å². The van der Waals surface area contributed by atoms with E-state index in [2.05, 4.69) is 25.7 Å². The van der Waals surface area contributed by atoms with Crippen molar-refractivity contribution >= 4 is 17.9 Å². The van der Waals surface area contributed by atoms with E-state index in [1.807, 2.05) is 19.1 Å². The summed E-state index contributed by atoms with van der Waals surface area (Å²) in [6, 6.07) is 5.60. The molecule has 0 saturated heterocycles. The summed E-state index contributed by atoms with van der Waals surface area (Å²) in [7, 11) is 0. The number of carbonyl (C=O) groups is 2. The molecule has 1 saturated carbocycles. The maximum atomic E-state index is 13.3. The fourth-order valence-electron chi connectivity index (χ4n) is 4.64. The summed E-state index contributed by atoms with van der Waals surface area (Å²) in [5, 5.41) is 13.3. The van der Waals surface area contributed by atoms with Crippen molar-refractivity contribution in [2.24, 2.45) is 17.3 Å². The highest BCUT2D eigenvalue weighted by atomic mass is 16.3. The maximum Gasteiger partial charge on any atom is 0.211 e. The molecule has 4 heteroatoms. The first-order valence-electron chi connectivity index (χ1n) is 8.46. The number of Topliss-reactive ketones (excluding diaryl/α,β-unsaturated/α-hetero) is 1. The summed E-state index contributed by atoms with van der Waals surface area (Å²) in [5.74, 6) is -0.0280. The van der Waals surface area contributed by atoms with Gasteiger partial charge in [-0.1, -0.05) is 39.0 Å². The van der Waals surface area contributed by atoms with Gasteiger partial charge in [0.1, 0.15) is 0 Å². The Labute approximate surface area is 143 Å². The minimum Gasteiger partial charge on any atom is -0.392 e. The summed E-state index contributed by atoms with van der Waals surface area (Å²) in [5.41, 5.74) is 1.44. The smallest absolute Gasteiger partial charge is 0.211 e. The van der Waals surface area contributed by atoms with Gasteiger partial charge in [-0.15, -0.1) is 6.58 Å². The molecule has 2 aliphatic carbocycles. The van der Waals surface area contributed by atoms with Gasteiger partial charge in [-0.25, -0.2) is 0 Å². The lowest BCUT2D eigenvalue weighted by atomic mass is 9.51. The van der Waals surface area contributed by atoms with Crippen molar-refractivity contribution in [2.75, 3.05) is 5.32 Å². The Balaban J connectivity index is 2.16. The molecule has 0 aliphatic heterocycles. The van der Waals surface area contributed by atoms with Crippen molar-refractivity contribution in [1.29, 1.82) is 0 Å². The third-order valence-corrected chi connectivity index (χ3v) is 6.33. The van der Waals surface area contributed by atoms with E-state index in [-0.39, 0.29) is 23.0 Å². The molecular formula is C20H25NO3. The number of benzene rings is 1. The fourth-order valence-corrected chi connectivity index (χ4v) is 4.64. The second kappa shape index (κ2) is 5.55. The van der Waals surface area contributed by atoms with Gasteiger partial charge < -0.3 is 10.4 Å². The van der Waals surface area contributed by atoms with E-state index in [9.17, 15) is 14.7 Å². The van der Waals surface area contributed by atoms with Crippen LogP contribution >= 0.6 is 0 Å². The molecule has 1 amide bonds. The number of fused-ring (bicyclic) bond motifs is 2. The standard InChI is InChI=1S/C20H25NO3/c1-5-20(4)10-12-14(9-16(20)23)19(2,3)13-7-6-8-15(21-11-22)17(13)18(12)24/h5-8,11-12,14,16,23H,1,9-10H2,2-4H3,(H,21,22)/t12?,14-,16+,20+/m0/s1. The first-order chi connectivity index (χ1) is 11.3. The number of nitrogens with one attached hydrogen (secondary N) is 1. The number of rotatable bonds is 3. The monoisotopic (exact) mass is 327 g/mol. The van der Waals surface area contributed by atoms with Gasteiger partial charge in [0.05, 0.1) is 11.8 Å². The summed E-state index contributed by atoms with van der Waals surface area (Å²) in [4.78, 5) is 24.2. The number of hydrogen-bond acceptors (Lipinski definition) is 3. The van der Waals surface area contributed by atoms with Gasteiger partial charge in [0.2, 0.25) is 6.41 Å². The van der Waals surface area contributed by atoms with Gasteiger partial charge in [0, 0.05) is 16.9 Å². The van der Waals surface area contributed by atoms with Crippen molar-refractivity contribution in [1.82, 2.24) is 0 Å². The van der Waals surface area contributed by atoms with E-state index in [1.54, 1.807) is 12.1 Å². The summed E-state index contributed by atoms with van der Waals surface area (Å²) in [6.45, 7) is 10.1. The van der Waals surface area contributed by atoms with Crippen molar-refractivity contribution in [3.05, 3.63) is 42.0 Å². The molecule has 24 heavy (non-hydrogen) atoms. The second-order valence-corrected chi connectivity index (χ2v) is 7.95. The average molecular weight is 327 g/mol. The van der Waals surface area contributed by atoms with E-state index in [1.165, 1.54) is 0 Å². The first kappa shape index (κ1) is 16.9. The maximum absolute atomic E-state index is 13.3. The molecule has 4 atom stereocenters. The summed E-state index contributed by atoms with van der Waals surface area (Å²) in [6.07, 6.45) is 3.05. The third kappa shape index (κ3) is 2.24. The number of carbonyl (C=O) groups excluding carboxylic acids is 2. The molecule has 4 nitrogen and oxygen atoms in total. The Bertz CT molecular complexity index is 709. The lowest BCUT2D eigenvalue weighted by molar-refractivity contribution is -0.105. The molecule has 1 aromatic rings. The normalized spacial score (nSPS) is 34.0. The molecule has 3 rings (SSSR count). The molecular weight excluding hydrogens is 302 g/mol.